The van der Waals surface area contributed by atoms with Crippen molar-refractivity contribution in [3.05, 3.63) is 0 Å². The zero-order valence-corrected chi connectivity index (χ0v) is 9.59. The van der Waals surface area contributed by atoms with Crippen molar-refractivity contribution in [2.24, 2.45) is 5.92 Å². The van der Waals surface area contributed by atoms with Gasteiger partial charge in [0, 0.05) is 19.2 Å². The molecule has 1 aliphatic carbocycles. The molecular weight excluding hydrogens is 218 g/mol. The molecule has 0 aromatic heterocycles. The van der Waals surface area contributed by atoms with Gasteiger partial charge in [0.1, 0.15) is 9.84 Å². The lowest BCUT2D eigenvalue weighted by Gasteiger charge is -2.31. The van der Waals surface area contributed by atoms with Crippen LogP contribution in [-0.4, -0.2) is 44.1 Å². The number of sulfone groups is 1. The molecule has 0 spiro atoms. The van der Waals surface area contributed by atoms with Gasteiger partial charge in [-0.05, 0) is 18.8 Å². The van der Waals surface area contributed by atoms with E-state index in [0.717, 1.165) is 19.1 Å². The predicted octanol–water partition coefficient (Wildman–Crippen LogP) is -0.692. The van der Waals surface area contributed by atoms with E-state index in [-0.39, 0.29) is 24.2 Å². The molecule has 0 aromatic carbocycles. The highest BCUT2D eigenvalue weighted by Gasteiger charge is 2.27. The Hall–Kier alpha value is -0.620. The lowest BCUT2D eigenvalue weighted by atomic mass is 9.82. The van der Waals surface area contributed by atoms with Crippen LogP contribution < -0.4 is 5.32 Å². The van der Waals surface area contributed by atoms with Gasteiger partial charge in [-0.25, -0.2) is 8.42 Å². The molecule has 0 radical (unpaired) electrons. The summed E-state index contributed by atoms with van der Waals surface area (Å²) in [7, 11) is -3.06. The number of carbonyl (C=O) groups is 1. The highest BCUT2D eigenvalue weighted by atomic mass is 32.2. The highest BCUT2D eigenvalue weighted by molar-refractivity contribution is 7.90. The molecule has 6 heteroatoms. The number of aliphatic hydroxyl groups is 1. The summed E-state index contributed by atoms with van der Waals surface area (Å²) in [6.07, 6.45) is 2.37. The minimum Gasteiger partial charge on any atom is -0.393 e. The third kappa shape index (κ3) is 5.13. The number of nitrogens with one attached hydrogen (secondary N) is 1. The van der Waals surface area contributed by atoms with Crippen molar-refractivity contribution in [2.75, 3.05) is 18.6 Å². The van der Waals surface area contributed by atoms with E-state index in [9.17, 15) is 13.2 Å². The van der Waals surface area contributed by atoms with Crippen molar-refractivity contribution in [3.8, 4) is 0 Å². The maximum Gasteiger partial charge on any atom is 0.221 e. The van der Waals surface area contributed by atoms with Crippen LogP contribution in [0.2, 0.25) is 0 Å². The van der Waals surface area contributed by atoms with Crippen LogP contribution in [-0.2, 0) is 14.6 Å². The zero-order chi connectivity index (χ0) is 11.5. The maximum atomic E-state index is 11.2. The van der Waals surface area contributed by atoms with Gasteiger partial charge in [-0.2, -0.15) is 0 Å². The largest absolute Gasteiger partial charge is 0.393 e. The van der Waals surface area contributed by atoms with Gasteiger partial charge < -0.3 is 10.4 Å². The molecule has 1 aliphatic rings. The Morgan fingerprint density at radius 3 is 2.53 bits per heavy atom. The number of aliphatic hydroxyl groups excluding tert-OH is 1. The minimum atomic E-state index is -3.06. The average Bonchev–Trinajstić information content (AvgIpc) is 2.06. The fourth-order valence-corrected chi connectivity index (χ4v) is 2.05. The van der Waals surface area contributed by atoms with Crippen LogP contribution in [0.15, 0.2) is 0 Å². The minimum absolute atomic E-state index is 0.0219. The summed E-state index contributed by atoms with van der Waals surface area (Å²) in [5, 5.41) is 11.7. The monoisotopic (exact) mass is 235 g/mol. The molecule has 0 saturated heterocycles. The van der Waals surface area contributed by atoms with E-state index in [1.807, 2.05) is 0 Å². The Bertz CT molecular complexity index is 319. The first-order chi connectivity index (χ1) is 6.87. The first-order valence-electron chi connectivity index (χ1n) is 4.99. The van der Waals surface area contributed by atoms with Crippen molar-refractivity contribution in [2.45, 2.75) is 25.4 Å². The summed E-state index contributed by atoms with van der Waals surface area (Å²) < 4.78 is 21.5. The molecule has 0 bridgehead atoms. The second-order valence-electron chi connectivity index (χ2n) is 4.18. The Morgan fingerprint density at radius 1 is 1.47 bits per heavy atom. The number of amides is 1. The molecule has 88 valence electrons. The van der Waals surface area contributed by atoms with E-state index in [2.05, 4.69) is 5.32 Å². The summed E-state index contributed by atoms with van der Waals surface area (Å²) in [6.45, 7) is 0.541. The van der Waals surface area contributed by atoms with E-state index in [1.165, 1.54) is 0 Å². The number of rotatable bonds is 5. The molecule has 1 fully saturated rings. The predicted molar refractivity (Wildman–Crippen MR) is 56.1 cm³/mol. The molecule has 15 heavy (non-hydrogen) atoms. The normalized spacial score (nSPS) is 25.7. The van der Waals surface area contributed by atoms with Crippen molar-refractivity contribution < 1.29 is 18.3 Å². The molecular formula is C9H17NO4S. The standard InChI is InChI=1S/C9H17NO4S/c1-15(13,14)3-2-9(12)10-6-7-4-8(11)5-7/h7-8,11H,2-6H2,1H3,(H,10,12). The fraction of sp³-hybridized carbons (Fsp3) is 0.889. The molecule has 0 aromatic rings. The molecule has 2 N–H and O–H groups in total. The summed E-state index contributed by atoms with van der Waals surface area (Å²) in [6, 6.07) is 0. The van der Waals surface area contributed by atoms with E-state index in [1.54, 1.807) is 0 Å². The molecule has 1 rings (SSSR count). The Kier molecular flexibility index (Phi) is 4.10. The third-order valence-corrected chi connectivity index (χ3v) is 3.44. The summed E-state index contributed by atoms with van der Waals surface area (Å²) in [4.78, 5) is 11.2. The van der Waals surface area contributed by atoms with Crippen molar-refractivity contribution >= 4 is 15.7 Å². The molecule has 0 unspecified atom stereocenters. The highest BCUT2D eigenvalue weighted by Crippen LogP contribution is 2.25. The van der Waals surface area contributed by atoms with E-state index in [4.69, 9.17) is 5.11 Å². The van der Waals surface area contributed by atoms with Crippen molar-refractivity contribution in [3.63, 3.8) is 0 Å². The maximum absolute atomic E-state index is 11.2. The molecule has 0 heterocycles. The van der Waals surface area contributed by atoms with Gasteiger partial charge >= 0.3 is 0 Å². The van der Waals surface area contributed by atoms with Crippen LogP contribution >= 0.6 is 0 Å². The van der Waals surface area contributed by atoms with Crippen molar-refractivity contribution in [1.82, 2.24) is 5.32 Å². The van der Waals surface area contributed by atoms with E-state index >= 15 is 0 Å². The lowest BCUT2D eigenvalue weighted by molar-refractivity contribution is -0.121. The topological polar surface area (TPSA) is 83.5 Å². The Labute approximate surface area is 89.8 Å². The molecule has 0 atom stereocenters. The van der Waals surface area contributed by atoms with Crippen LogP contribution in [0, 0.1) is 5.92 Å². The van der Waals surface area contributed by atoms with Gasteiger partial charge in [-0.1, -0.05) is 0 Å². The van der Waals surface area contributed by atoms with Crippen molar-refractivity contribution in [1.29, 1.82) is 0 Å². The smallest absolute Gasteiger partial charge is 0.221 e. The first kappa shape index (κ1) is 12.4. The van der Waals surface area contributed by atoms with Crippen LogP contribution in [0.1, 0.15) is 19.3 Å². The quantitative estimate of drug-likeness (QED) is 0.660. The second kappa shape index (κ2) is 4.94. The first-order valence-corrected chi connectivity index (χ1v) is 7.05. The third-order valence-electron chi connectivity index (χ3n) is 2.50. The fourth-order valence-electron chi connectivity index (χ4n) is 1.49. The average molecular weight is 235 g/mol. The van der Waals surface area contributed by atoms with Crippen LogP contribution in [0.5, 0.6) is 0 Å². The lowest BCUT2D eigenvalue weighted by Crippen LogP contribution is -2.38. The van der Waals surface area contributed by atoms with Gasteiger partial charge in [-0.15, -0.1) is 0 Å². The molecule has 1 amide bonds. The number of hydrogen-bond acceptors (Lipinski definition) is 4. The van der Waals surface area contributed by atoms with E-state index in [0.29, 0.717) is 12.5 Å². The second-order valence-corrected chi connectivity index (χ2v) is 6.43. The van der Waals surface area contributed by atoms with Crippen LogP contribution in [0.3, 0.4) is 0 Å². The summed E-state index contributed by atoms with van der Waals surface area (Å²) >= 11 is 0. The SMILES string of the molecule is CS(=O)(=O)CCC(=O)NCC1CC(O)C1. The molecule has 0 aliphatic heterocycles. The van der Waals surface area contributed by atoms with Crippen LogP contribution in [0.4, 0.5) is 0 Å². The van der Waals surface area contributed by atoms with Crippen LogP contribution in [0.25, 0.3) is 0 Å². The van der Waals surface area contributed by atoms with Gasteiger partial charge in [0.25, 0.3) is 0 Å². The van der Waals surface area contributed by atoms with E-state index < -0.39 is 9.84 Å². The number of hydrogen-bond donors (Lipinski definition) is 2. The Morgan fingerprint density at radius 2 is 2.07 bits per heavy atom. The van der Waals surface area contributed by atoms with Gasteiger partial charge in [0.05, 0.1) is 11.9 Å². The van der Waals surface area contributed by atoms with Gasteiger partial charge in [0.2, 0.25) is 5.91 Å². The summed E-state index contributed by atoms with van der Waals surface area (Å²) in [5.74, 6) is 0.00978. The Balaban J connectivity index is 2.09. The molecule has 1 saturated carbocycles. The zero-order valence-electron chi connectivity index (χ0n) is 8.77. The van der Waals surface area contributed by atoms with Gasteiger partial charge in [0.15, 0.2) is 0 Å². The van der Waals surface area contributed by atoms with Gasteiger partial charge in [-0.3, -0.25) is 4.79 Å². The summed E-state index contributed by atoms with van der Waals surface area (Å²) in [5.41, 5.74) is 0. The molecule has 5 nitrogen and oxygen atoms in total. The number of carbonyl (C=O) groups excluding carboxylic acids is 1.